The van der Waals surface area contributed by atoms with Crippen molar-refractivity contribution >= 4 is 0 Å². The van der Waals surface area contributed by atoms with Crippen molar-refractivity contribution in [2.45, 2.75) is 0 Å². The molecule has 13 heteroatoms. The predicted octanol–water partition coefficient (Wildman–Crippen LogP) is -1.08. The molecular weight excluding hydrogens is 456 g/mol. The van der Waals surface area contributed by atoms with E-state index in [1.54, 1.807) is 0 Å². The summed E-state index contributed by atoms with van der Waals surface area (Å²) in [5.74, 6) is 0. The average Bonchev–Trinajstić information content (AvgIpc) is 0. The van der Waals surface area contributed by atoms with Gasteiger partial charge in [0.1, 0.15) is 0 Å². The normalized spacial score (nSPS) is 0. The Hall–Kier alpha value is 2.68. The van der Waals surface area contributed by atoms with Gasteiger partial charge in [-0.2, -0.15) is 0 Å². The van der Waals surface area contributed by atoms with Gasteiger partial charge in [0.25, 0.3) is 0 Å². The third kappa shape index (κ3) is 329. The predicted molar refractivity (Wildman–Crippen MR) is 6.18 cm³/mol. The Kier molecular flexibility index (Phi) is 13900. The van der Waals surface area contributed by atoms with Crippen LogP contribution in [0.5, 0.6) is 0 Å². The van der Waals surface area contributed by atoms with Gasteiger partial charge in [0, 0.05) is 55.7 Å². The van der Waals surface area contributed by atoms with Gasteiger partial charge in [0.15, 0.2) is 0 Å². The topological polar surface area (TPSA) is 256 Å². The van der Waals surface area contributed by atoms with Gasteiger partial charge in [-0.25, -0.2) is 0 Å². The minimum atomic E-state index is 0. The van der Waals surface area contributed by atoms with Crippen LogP contribution in [0.15, 0.2) is 0 Å². The standard InChI is InChI=1S/9O.Tb.3V/q9*-2;+4;;;. The maximum Gasteiger partial charge on any atom is 4.00 e. The molecule has 0 spiro atoms. The third-order valence-electron chi connectivity index (χ3n) is 0. The second kappa shape index (κ2) is 383. The fraction of sp³-hybridized carbons (Fsp3) is 0. The second-order valence-corrected chi connectivity index (χ2v) is 0. The Morgan fingerprint density at radius 1 is 0.231 bits per heavy atom. The van der Waals surface area contributed by atoms with Crippen LogP contribution in [0.3, 0.4) is 0 Å². The van der Waals surface area contributed by atoms with Crippen LogP contribution in [-0.2, 0) is 105 Å². The number of rotatable bonds is 0. The molecule has 0 aromatic heterocycles. The van der Waals surface area contributed by atoms with Gasteiger partial charge in [0.2, 0.25) is 0 Å². The third-order valence-corrected chi connectivity index (χ3v) is 0. The molecule has 92 valence electrons. The molecule has 0 rings (SSSR count). The molecule has 13 heavy (non-hydrogen) atoms. The van der Waals surface area contributed by atoms with Gasteiger partial charge in [-0.1, -0.05) is 0 Å². The van der Waals surface area contributed by atoms with Crippen molar-refractivity contribution in [1.82, 2.24) is 0 Å². The van der Waals surface area contributed by atoms with Crippen LogP contribution in [-0.4, -0.2) is 0 Å². The zero-order valence-corrected chi connectivity index (χ0v) is 11.7. The summed E-state index contributed by atoms with van der Waals surface area (Å²) in [5, 5.41) is 0. The number of hydrogen-bond acceptors (Lipinski definition) is 0. The molecule has 0 bridgehead atoms. The first-order valence-electron chi connectivity index (χ1n) is 0. The van der Waals surface area contributed by atoms with E-state index in [0.717, 1.165) is 0 Å². The quantitative estimate of drug-likeness (QED) is 0.422. The molecule has 4 radical (unpaired) electrons. The van der Waals surface area contributed by atoms with Crippen LogP contribution >= 0.6 is 0 Å². The summed E-state index contributed by atoms with van der Waals surface area (Å²) < 4.78 is 0. The molecule has 0 aliphatic carbocycles. The molecule has 0 fully saturated rings. The van der Waals surface area contributed by atoms with Gasteiger partial charge in [-0.15, -0.1) is 0 Å². The summed E-state index contributed by atoms with van der Waals surface area (Å²) in [6, 6.07) is 0. The van der Waals surface area contributed by atoms with E-state index in [4.69, 9.17) is 0 Å². The van der Waals surface area contributed by atoms with E-state index in [9.17, 15) is 0 Å². The van der Waals surface area contributed by atoms with Gasteiger partial charge in [-0.3, -0.25) is 0 Å². The van der Waals surface area contributed by atoms with Crippen LogP contribution in [0.4, 0.5) is 0 Å². The molecule has 0 aromatic carbocycles. The van der Waals surface area contributed by atoms with Gasteiger partial charge in [0.05, 0.1) is 0 Å². The van der Waals surface area contributed by atoms with E-state index in [-0.39, 0.29) is 144 Å². The first-order valence-corrected chi connectivity index (χ1v) is 0. The fourth-order valence-corrected chi connectivity index (χ4v) is 0. The maximum absolute atomic E-state index is 0. The molecule has 0 heterocycles. The van der Waals surface area contributed by atoms with Crippen LogP contribution < -0.4 is 0 Å². The van der Waals surface area contributed by atoms with E-state index in [1.807, 2.05) is 0 Å². The largest absolute Gasteiger partial charge is 4.00 e. The molecule has 9 nitrogen and oxygen atoms in total. The minimum Gasteiger partial charge on any atom is -2.00 e. The molecule has 0 amide bonds. The molecule has 0 aromatic rings. The summed E-state index contributed by atoms with van der Waals surface area (Å²) in [5.41, 5.74) is 0. The zero-order valence-electron chi connectivity index (χ0n) is 5.35. The molecular formula is O9TbV3-14. The Labute approximate surface area is 142 Å². The van der Waals surface area contributed by atoms with E-state index in [1.165, 1.54) is 0 Å². The van der Waals surface area contributed by atoms with Crippen molar-refractivity contribution in [2.75, 3.05) is 0 Å². The summed E-state index contributed by atoms with van der Waals surface area (Å²) in [6.45, 7) is 0. The summed E-state index contributed by atoms with van der Waals surface area (Å²) in [4.78, 5) is 0. The summed E-state index contributed by atoms with van der Waals surface area (Å²) in [6.07, 6.45) is 0. The van der Waals surface area contributed by atoms with Gasteiger partial charge in [-0.05, 0) is 0 Å². The first kappa shape index (κ1) is 471. The zero-order chi connectivity index (χ0) is 0. The van der Waals surface area contributed by atoms with Crippen molar-refractivity contribution in [3.05, 3.63) is 0 Å². The van der Waals surface area contributed by atoms with E-state index in [2.05, 4.69) is 0 Å². The average molecular weight is 456 g/mol. The van der Waals surface area contributed by atoms with E-state index < -0.39 is 0 Å². The molecule has 0 N–H and O–H groups in total. The molecule has 0 saturated heterocycles. The molecule has 0 aliphatic rings. The minimum absolute atomic E-state index is 0. The van der Waals surface area contributed by atoms with Crippen molar-refractivity contribution < 1.29 is 144 Å². The fourth-order valence-electron chi connectivity index (χ4n) is 0. The Balaban J connectivity index is 0. The van der Waals surface area contributed by atoms with E-state index >= 15 is 0 Å². The summed E-state index contributed by atoms with van der Waals surface area (Å²) >= 11 is 0. The summed E-state index contributed by atoms with van der Waals surface area (Å²) in [7, 11) is 0. The number of hydrogen-bond donors (Lipinski definition) is 0. The van der Waals surface area contributed by atoms with Crippen LogP contribution in [0, 0.1) is 38.6 Å². The van der Waals surface area contributed by atoms with Crippen molar-refractivity contribution in [3.8, 4) is 0 Å². The molecule has 0 saturated carbocycles. The Morgan fingerprint density at radius 3 is 0.231 bits per heavy atom. The smallest absolute Gasteiger partial charge is 2.00 e. The maximum atomic E-state index is 0. The molecule has 0 unspecified atom stereocenters. The second-order valence-electron chi connectivity index (χ2n) is 0. The SMILES string of the molecule is [O-2].[O-2].[O-2].[O-2].[O-2].[O-2].[O-2].[O-2].[O-2].[Tb+4].[V].[V].[V]. The molecule has 0 aliphatic heterocycles. The monoisotopic (exact) mass is 456 g/mol. The van der Waals surface area contributed by atoms with Crippen LogP contribution in [0.2, 0.25) is 0 Å². The van der Waals surface area contributed by atoms with E-state index in [0.29, 0.717) is 0 Å². The molecule has 0 atom stereocenters. The van der Waals surface area contributed by atoms with Gasteiger partial charge >= 0.3 is 38.6 Å². The van der Waals surface area contributed by atoms with Crippen LogP contribution in [0.25, 0.3) is 0 Å². The van der Waals surface area contributed by atoms with Crippen LogP contribution in [0.1, 0.15) is 0 Å². The first-order chi connectivity index (χ1) is 0. The Bertz CT molecular complexity index is 14.8. The van der Waals surface area contributed by atoms with Crippen molar-refractivity contribution in [2.24, 2.45) is 0 Å². The van der Waals surface area contributed by atoms with Crippen molar-refractivity contribution in [1.29, 1.82) is 0 Å². The van der Waals surface area contributed by atoms with Crippen molar-refractivity contribution in [3.63, 3.8) is 0 Å². The van der Waals surface area contributed by atoms with Gasteiger partial charge < -0.3 is 49.3 Å². The Morgan fingerprint density at radius 2 is 0.231 bits per heavy atom.